The van der Waals surface area contributed by atoms with Gasteiger partial charge in [0.1, 0.15) is 12.1 Å². The summed E-state index contributed by atoms with van der Waals surface area (Å²) in [6.07, 6.45) is 5.06. The zero-order chi connectivity index (χ0) is 28.4. The molecule has 39 heavy (non-hydrogen) atoms. The van der Waals surface area contributed by atoms with Crippen LogP contribution in [0, 0.1) is 0 Å². The van der Waals surface area contributed by atoms with Crippen LogP contribution in [0.2, 0.25) is 0 Å². The van der Waals surface area contributed by atoms with Gasteiger partial charge in [0.25, 0.3) is 0 Å². The van der Waals surface area contributed by atoms with E-state index in [2.05, 4.69) is 54.1 Å². The number of aryl methyl sites for hydroxylation is 1. The smallest absolute Gasteiger partial charge is 0.345 e. The number of anilines is 1. The lowest BCUT2D eigenvalue weighted by atomic mass is 10.1. The average Bonchev–Trinajstić information content (AvgIpc) is 3.37. The molecule has 0 aliphatic carbocycles. The van der Waals surface area contributed by atoms with Crippen molar-refractivity contribution in [2.45, 2.75) is 40.9 Å². The van der Waals surface area contributed by atoms with Crippen molar-refractivity contribution < 1.29 is 13.5 Å². The summed E-state index contributed by atoms with van der Waals surface area (Å²) in [6, 6.07) is 7.81. The number of rotatable bonds is 15. The van der Waals surface area contributed by atoms with E-state index in [1.54, 1.807) is 19.2 Å². The van der Waals surface area contributed by atoms with Gasteiger partial charge in [0.05, 0.1) is 29.7 Å². The Morgan fingerprint density at radius 1 is 1.13 bits per heavy atom. The molecule has 0 unspecified atom stereocenters. The minimum Gasteiger partial charge on any atom is -0.387 e. The van der Waals surface area contributed by atoms with E-state index < -0.39 is 6.61 Å². The first kappa shape index (κ1) is 30.0. The van der Waals surface area contributed by atoms with E-state index in [1.807, 2.05) is 50.0 Å². The van der Waals surface area contributed by atoms with Crippen molar-refractivity contribution in [3.63, 3.8) is 0 Å². The molecule has 2 N–H and O–H groups in total. The van der Waals surface area contributed by atoms with Crippen LogP contribution in [0.5, 0.6) is 0 Å². The zero-order valence-electron chi connectivity index (χ0n) is 23.7. The highest BCUT2D eigenvalue weighted by Crippen LogP contribution is 2.25. The van der Waals surface area contributed by atoms with Gasteiger partial charge in [-0.2, -0.15) is 13.9 Å². The number of likely N-dealkylation sites (N-methyl/N-ethyl adjacent to an activating group) is 3. The van der Waals surface area contributed by atoms with Crippen LogP contribution >= 0.6 is 0 Å². The number of benzene rings is 1. The average molecular weight is 543 g/mol. The minimum absolute atomic E-state index is 0.319. The van der Waals surface area contributed by atoms with E-state index in [1.165, 1.54) is 6.33 Å². The fraction of sp³-hybridized carbons (Fsp3) is 0.464. The number of nitrogens with zero attached hydrogens (tertiary/aromatic N) is 6. The third-order valence-electron chi connectivity index (χ3n) is 6.75. The second-order valence-electron chi connectivity index (χ2n) is 9.09. The summed E-state index contributed by atoms with van der Waals surface area (Å²) < 4.78 is 32.5. The number of alkyl halides is 2. The maximum absolute atomic E-state index is 13.0. The van der Waals surface area contributed by atoms with Gasteiger partial charge in [0.15, 0.2) is 0 Å². The number of allylic oxidation sites excluding steroid dienone is 2. The molecule has 2 heterocycles. The van der Waals surface area contributed by atoms with E-state index in [0.29, 0.717) is 17.2 Å². The van der Waals surface area contributed by atoms with Crippen LogP contribution in [-0.4, -0.2) is 83.0 Å². The lowest BCUT2D eigenvalue weighted by Crippen LogP contribution is -2.33. The Kier molecular flexibility index (Phi) is 11.2. The number of halogens is 2. The van der Waals surface area contributed by atoms with Gasteiger partial charge in [0.2, 0.25) is 0 Å². The Balaban J connectivity index is 1.86. The molecule has 212 valence electrons. The van der Waals surface area contributed by atoms with Crippen molar-refractivity contribution >= 4 is 16.7 Å². The summed E-state index contributed by atoms with van der Waals surface area (Å²) in [6.45, 7) is 9.64. The van der Waals surface area contributed by atoms with Crippen LogP contribution in [0.4, 0.5) is 14.6 Å². The van der Waals surface area contributed by atoms with Gasteiger partial charge in [0, 0.05) is 62.1 Å². The first-order valence-corrected chi connectivity index (χ1v) is 13.3. The number of ether oxygens (including phenoxy) is 1. The number of nitrogens with one attached hydrogen (secondary N) is 2. The van der Waals surface area contributed by atoms with Gasteiger partial charge >= 0.3 is 6.61 Å². The molecule has 0 saturated carbocycles. The van der Waals surface area contributed by atoms with Crippen LogP contribution in [0.15, 0.2) is 60.0 Å². The summed E-state index contributed by atoms with van der Waals surface area (Å²) in [4.78, 5) is 13.2. The molecule has 2 aromatic heterocycles. The highest BCUT2D eigenvalue weighted by Gasteiger charge is 2.12. The molecule has 0 spiro atoms. The second-order valence-corrected chi connectivity index (χ2v) is 9.09. The molecule has 9 nitrogen and oxygen atoms in total. The zero-order valence-corrected chi connectivity index (χ0v) is 23.7. The molecule has 0 amide bonds. The van der Waals surface area contributed by atoms with Crippen molar-refractivity contribution in [1.29, 1.82) is 0 Å². The Labute approximate surface area is 229 Å². The Hall–Kier alpha value is -3.57. The lowest BCUT2D eigenvalue weighted by molar-refractivity contribution is -0.120. The van der Waals surface area contributed by atoms with Crippen LogP contribution in [-0.2, 0) is 11.3 Å². The van der Waals surface area contributed by atoms with Crippen LogP contribution < -0.4 is 10.6 Å². The van der Waals surface area contributed by atoms with Crippen LogP contribution in [0.25, 0.3) is 22.2 Å². The van der Waals surface area contributed by atoms with Gasteiger partial charge in [-0.15, -0.1) is 0 Å². The lowest BCUT2D eigenvalue weighted by Gasteiger charge is -2.26. The fourth-order valence-corrected chi connectivity index (χ4v) is 4.25. The molecule has 0 radical (unpaired) electrons. The first-order valence-electron chi connectivity index (χ1n) is 13.3. The highest BCUT2D eigenvalue weighted by atomic mass is 19.3. The predicted octanol–water partition coefficient (Wildman–Crippen LogP) is 4.77. The summed E-state index contributed by atoms with van der Waals surface area (Å²) in [5.74, 6) is 0.469. The molecule has 0 aliphatic rings. The molecule has 1 aromatic carbocycles. The fourth-order valence-electron chi connectivity index (χ4n) is 4.25. The number of hydrogen-bond donors (Lipinski definition) is 2. The Bertz CT molecular complexity index is 1270. The monoisotopic (exact) mass is 542 g/mol. The van der Waals surface area contributed by atoms with Crippen molar-refractivity contribution in [1.82, 2.24) is 34.9 Å². The van der Waals surface area contributed by atoms with Crippen LogP contribution in [0.3, 0.4) is 0 Å². The molecule has 3 aromatic rings. The normalized spacial score (nSPS) is 12.8. The quantitative estimate of drug-likeness (QED) is 0.266. The molecule has 0 bridgehead atoms. The number of hydrogen-bond acceptors (Lipinski definition) is 8. The van der Waals surface area contributed by atoms with Gasteiger partial charge in [-0.25, -0.2) is 9.97 Å². The number of fused-ring (bicyclic) bond motifs is 1. The number of aromatic nitrogens is 4. The van der Waals surface area contributed by atoms with E-state index in [4.69, 9.17) is 0 Å². The first-order chi connectivity index (χ1) is 18.8. The molecule has 11 heteroatoms. The summed E-state index contributed by atoms with van der Waals surface area (Å²) >= 11 is 0. The minimum atomic E-state index is -2.90. The van der Waals surface area contributed by atoms with E-state index in [9.17, 15) is 8.78 Å². The molecule has 0 aliphatic heterocycles. The van der Waals surface area contributed by atoms with Gasteiger partial charge < -0.3 is 25.2 Å². The largest absolute Gasteiger partial charge is 0.387 e. The maximum Gasteiger partial charge on any atom is 0.345 e. The molecule has 0 fully saturated rings. The van der Waals surface area contributed by atoms with Crippen molar-refractivity contribution in [2.75, 3.05) is 52.2 Å². The predicted molar refractivity (Wildman–Crippen MR) is 152 cm³/mol. The van der Waals surface area contributed by atoms with E-state index >= 15 is 0 Å². The van der Waals surface area contributed by atoms with E-state index in [-0.39, 0.29) is 6.61 Å². The molecular formula is C28H40F2N8O. The third-order valence-corrected chi connectivity index (χ3v) is 6.75. The van der Waals surface area contributed by atoms with Gasteiger partial charge in [-0.3, -0.25) is 4.68 Å². The van der Waals surface area contributed by atoms with Gasteiger partial charge in [-0.05, 0) is 45.1 Å². The van der Waals surface area contributed by atoms with Crippen LogP contribution in [0.1, 0.15) is 27.7 Å². The van der Waals surface area contributed by atoms with Crippen molar-refractivity contribution in [2.24, 2.45) is 0 Å². The molecular weight excluding hydrogens is 502 g/mol. The summed E-state index contributed by atoms with van der Waals surface area (Å²) in [5.41, 5.74) is 4.84. The summed E-state index contributed by atoms with van der Waals surface area (Å²) in [7, 11) is 3.82. The molecule has 0 atom stereocenters. The highest BCUT2D eigenvalue weighted by molar-refractivity contribution is 5.84. The SMILES string of the molecule is CCN(CC)CCN(C)/C(C)=C(/C=C(\COC(F)F)Nc1cc(-c2ccc3c(cnn3CC)c2)ncn1)NC. The molecule has 0 saturated heterocycles. The summed E-state index contributed by atoms with van der Waals surface area (Å²) in [5, 5.41) is 11.8. The third kappa shape index (κ3) is 8.21. The van der Waals surface area contributed by atoms with Gasteiger partial charge in [-0.1, -0.05) is 19.9 Å². The maximum atomic E-state index is 13.0. The molecule has 3 rings (SSSR count). The Morgan fingerprint density at radius 2 is 1.90 bits per heavy atom. The van der Waals surface area contributed by atoms with Crippen molar-refractivity contribution in [3.8, 4) is 11.3 Å². The standard InChI is InChI=1S/C28H40F2N8O/c1-7-37(8-2)13-12-36(6)20(4)24(31-5)15-23(18-39-28(29)30)35-27-16-25(32-19-33-27)21-10-11-26-22(14-21)17-34-38(26)9-3/h10-11,14-17,19,28,31H,7-9,12-13,18H2,1-6H3,(H,32,33,35)/b23-15+,24-20-. The topological polar surface area (TPSA) is 83.4 Å². The van der Waals surface area contributed by atoms with E-state index in [0.717, 1.165) is 60.6 Å². The van der Waals surface area contributed by atoms with Crippen molar-refractivity contribution in [3.05, 3.63) is 60.0 Å². The second kappa shape index (κ2) is 14.5. The Morgan fingerprint density at radius 3 is 2.56 bits per heavy atom.